The zero-order chi connectivity index (χ0) is 16.9. The van der Waals surface area contributed by atoms with E-state index in [4.69, 9.17) is 0 Å². The standard InChI is InChI=1S/C14H21F3N4S2.HI/c1-3-18-12(20-9-13(2)5-4-6-23-13)19-7-11-21-10(8-22-11)14(15,16)17;/h8H,3-7,9H2,1-2H3,(H2,18,19,20);1H. The number of hydrogen-bond donors (Lipinski definition) is 2. The van der Waals surface area contributed by atoms with Gasteiger partial charge in [-0.2, -0.15) is 24.9 Å². The first kappa shape index (κ1) is 21.8. The summed E-state index contributed by atoms with van der Waals surface area (Å²) in [5, 5.41) is 7.78. The number of aromatic nitrogens is 1. The van der Waals surface area contributed by atoms with Crippen molar-refractivity contribution in [2.75, 3.05) is 18.8 Å². The number of nitrogens with zero attached hydrogens (tertiary/aromatic N) is 2. The third-order valence-corrected chi connectivity index (χ3v) is 5.86. The van der Waals surface area contributed by atoms with E-state index in [9.17, 15) is 13.2 Å². The number of hydrogen-bond acceptors (Lipinski definition) is 4. The minimum atomic E-state index is -4.39. The van der Waals surface area contributed by atoms with E-state index in [0.717, 1.165) is 29.7 Å². The Kier molecular flexibility index (Phi) is 8.60. The van der Waals surface area contributed by atoms with Gasteiger partial charge in [-0.25, -0.2) is 9.98 Å². The molecule has 2 N–H and O–H groups in total. The average Bonchev–Trinajstić information content (AvgIpc) is 3.11. The monoisotopic (exact) mass is 494 g/mol. The predicted molar refractivity (Wildman–Crippen MR) is 105 cm³/mol. The number of thiazole rings is 1. The highest BCUT2D eigenvalue weighted by atomic mass is 127. The molecule has 1 aliphatic rings. The van der Waals surface area contributed by atoms with Crippen molar-refractivity contribution in [2.45, 2.75) is 44.2 Å². The van der Waals surface area contributed by atoms with Gasteiger partial charge >= 0.3 is 6.18 Å². The Morgan fingerprint density at radius 2 is 2.17 bits per heavy atom. The number of alkyl halides is 3. The van der Waals surface area contributed by atoms with Crippen molar-refractivity contribution < 1.29 is 13.2 Å². The van der Waals surface area contributed by atoms with E-state index in [1.165, 1.54) is 12.2 Å². The molecule has 1 aromatic heterocycles. The topological polar surface area (TPSA) is 49.3 Å². The summed E-state index contributed by atoms with van der Waals surface area (Å²) < 4.78 is 37.8. The van der Waals surface area contributed by atoms with Crippen molar-refractivity contribution in [2.24, 2.45) is 4.99 Å². The van der Waals surface area contributed by atoms with Crippen molar-refractivity contribution in [3.05, 3.63) is 16.1 Å². The molecular formula is C14H22F3IN4S2. The van der Waals surface area contributed by atoms with Gasteiger partial charge in [0.1, 0.15) is 5.01 Å². The van der Waals surface area contributed by atoms with Gasteiger partial charge in [-0.15, -0.1) is 35.3 Å². The highest BCUT2D eigenvalue weighted by molar-refractivity contribution is 14.0. The molecule has 4 nitrogen and oxygen atoms in total. The van der Waals surface area contributed by atoms with E-state index in [-0.39, 0.29) is 35.3 Å². The van der Waals surface area contributed by atoms with Crippen LogP contribution in [0.15, 0.2) is 10.4 Å². The molecule has 1 atom stereocenters. The predicted octanol–water partition coefficient (Wildman–Crippen LogP) is 4.12. The molecule has 0 radical (unpaired) electrons. The zero-order valence-electron chi connectivity index (χ0n) is 13.6. The first-order valence-electron chi connectivity index (χ1n) is 7.50. The fourth-order valence-corrected chi connectivity index (χ4v) is 4.22. The van der Waals surface area contributed by atoms with E-state index in [0.29, 0.717) is 17.5 Å². The quantitative estimate of drug-likeness (QED) is 0.368. The second kappa shape index (κ2) is 9.46. The van der Waals surface area contributed by atoms with Crippen molar-refractivity contribution in [3.8, 4) is 0 Å². The second-order valence-electron chi connectivity index (χ2n) is 5.57. The van der Waals surface area contributed by atoms with Crippen LogP contribution >= 0.6 is 47.1 Å². The Morgan fingerprint density at radius 1 is 1.42 bits per heavy atom. The van der Waals surface area contributed by atoms with E-state index in [1.54, 1.807) is 0 Å². The van der Waals surface area contributed by atoms with Crippen molar-refractivity contribution >= 4 is 53.0 Å². The molecule has 24 heavy (non-hydrogen) atoms. The van der Waals surface area contributed by atoms with Gasteiger partial charge < -0.3 is 10.6 Å². The van der Waals surface area contributed by atoms with E-state index in [1.807, 2.05) is 18.7 Å². The molecule has 2 rings (SSSR count). The smallest absolute Gasteiger partial charge is 0.357 e. The highest BCUT2D eigenvalue weighted by Gasteiger charge is 2.33. The Labute approximate surface area is 165 Å². The van der Waals surface area contributed by atoms with Crippen LogP contribution in [0.3, 0.4) is 0 Å². The van der Waals surface area contributed by atoms with Crippen molar-refractivity contribution in [3.63, 3.8) is 0 Å². The van der Waals surface area contributed by atoms with Crippen LogP contribution in [0.2, 0.25) is 0 Å². The maximum atomic E-state index is 12.5. The van der Waals surface area contributed by atoms with Gasteiger partial charge in [0.2, 0.25) is 0 Å². The normalized spacial score (nSPS) is 21.5. The van der Waals surface area contributed by atoms with Gasteiger partial charge in [0.25, 0.3) is 0 Å². The van der Waals surface area contributed by atoms with Crippen LogP contribution in [0.25, 0.3) is 0 Å². The summed E-state index contributed by atoms with van der Waals surface area (Å²) in [4.78, 5) is 7.93. The van der Waals surface area contributed by atoms with Crippen LogP contribution in [0, 0.1) is 0 Å². The van der Waals surface area contributed by atoms with Crippen LogP contribution in [-0.4, -0.2) is 34.5 Å². The molecule has 1 unspecified atom stereocenters. The zero-order valence-corrected chi connectivity index (χ0v) is 17.5. The molecular weight excluding hydrogens is 472 g/mol. The molecule has 1 saturated heterocycles. The number of aliphatic imine (C=N–C) groups is 1. The van der Waals surface area contributed by atoms with E-state index < -0.39 is 11.9 Å². The van der Waals surface area contributed by atoms with Gasteiger partial charge in [-0.05, 0) is 32.4 Å². The lowest BCUT2D eigenvalue weighted by molar-refractivity contribution is -0.140. The van der Waals surface area contributed by atoms with Crippen LogP contribution in [-0.2, 0) is 12.7 Å². The Morgan fingerprint density at radius 3 is 2.71 bits per heavy atom. The summed E-state index contributed by atoms with van der Waals surface area (Å²) in [5.74, 6) is 1.79. The lowest BCUT2D eigenvalue weighted by atomic mass is 10.1. The minimum absolute atomic E-state index is 0. The molecule has 0 bridgehead atoms. The molecule has 0 saturated carbocycles. The van der Waals surface area contributed by atoms with E-state index >= 15 is 0 Å². The van der Waals surface area contributed by atoms with Crippen LogP contribution in [0.4, 0.5) is 13.2 Å². The number of rotatable bonds is 5. The van der Waals surface area contributed by atoms with Gasteiger partial charge in [-0.3, -0.25) is 0 Å². The SMILES string of the molecule is CCNC(=NCc1nc(C(F)(F)F)cs1)NCC1(C)CCCS1.I. The van der Waals surface area contributed by atoms with Crippen LogP contribution in [0.1, 0.15) is 37.4 Å². The molecule has 10 heteroatoms. The lowest BCUT2D eigenvalue weighted by Crippen LogP contribution is -2.43. The minimum Gasteiger partial charge on any atom is -0.357 e. The third-order valence-electron chi connectivity index (χ3n) is 3.49. The summed E-state index contributed by atoms with van der Waals surface area (Å²) in [5.41, 5.74) is -0.847. The van der Waals surface area contributed by atoms with Gasteiger partial charge in [0, 0.05) is 23.2 Å². The van der Waals surface area contributed by atoms with Crippen LogP contribution in [0.5, 0.6) is 0 Å². The van der Waals surface area contributed by atoms with Gasteiger partial charge in [0.05, 0.1) is 6.54 Å². The second-order valence-corrected chi connectivity index (χ2v) is 8.20. The fourth-order valence-electron chi connectivity index (χ4n) is 2.25. The highest BCUT2D eigenvalue weighted by Crippen LogP contribution is 2.36. The molecule has 0 amide bonds. The molecule has 138 valence electrons. The maximum absolute atomic E-state index is 12.5. The van der Waals surface area contributed by atoms with Crippen molar-refractivity contribution in [1.82, 2.24) is 15.6 Å². The molecule has 2 heterocycles. The summed E-state index contributed by atoms with van der Waals surface area (Å²) in [6.45, 7) is 5.79. The first-order valence-corrected chi connectivity index (χ1v) is 9.37. The summed E-state index contributed by atoms with van der Waals surface area (Å²) >= 11 is 2.93. The number of nitrogens with one attached hydrogen (secondary N) is 2. The maximum Gasteiger partial charge on any atom is 0.434 e. The van der Waals surface area contributed by atoms with Crippen molar-refractivity contribution in [1.29, 1.82) is 0 Å². The van der Waals surface area contributed by atoms with Gasteiger partial charge in [0.15, 0.2) is 11.7 Å². The average molecular weight is 494 g/mol. The molecule has 1 aliphatic heterocycles. The molecule has 0 aliphatic carbocycles. The Hall–Kier alpha value is -0.230. The van der Waals surface area contributed by atoms with Gasteiger partial charge in [-0.1, -0.05) is 0 Å². The third kappa shape index (κ3) is 6.58. The molecule has 0 spiro atoms. The lowest BCUT2D eigenvalue weighted by Gasteiger charge is -2.24. The summed E-state index contributed by atoms with van der Waals surface area (Å²) in [6, 6.07) is 0. The largest absolute Gasteiger partial charge is 0.434 e. The number of thioether (sulfide) groups is 1. The molecule has 1 aromatic rings. The number of halogens is 4. The molecule has 1 fully saturated rings. The fraction of sp³-hybridized carbons (Fsp3) is 0.714. The van der Waals surface area contributed by atoms with Crippen LogP contribution < -0.4 is 10.6 Å². The Balaban J connectivity index is 0.00000288. The van der Waals surface area contributed by atoms with E-state index in [2.05, 4.69) is 27.5 Å². The number of guanidine groups is 1. The molecule has 0 aromatic carbocycles. The first-order chi connectivity index (χ1) is 10.8. The Bertz CT molecular complexity index is 542. The summed E-state index contributed by atoms with van der Waals surface area (Å²) in [7, 11) is 0. The summed E-state index contributed by atoms with van der Waals surface area (Å²) in [6.07, 6.45) is -2.02.